The monoisotopic (exact) mass is 369 g/mol. The highest BCUT2D eigenvalue weighted by Gasteiger charge is 2.28. The summed E-state index contributed by atoms with van der Waals surface area (Å²) in [5.41, 5.74) is -0.0875. The van der Waals surface area contributed by atoms with Gasteiger partial charge in [0.05, 0.1) is 6.04 Å². The van der Waals surface area contributed by atoms with Crippen LogP contribution in [0.5, 0.6) is 0 Å². The predicted octanol–water partition coefficient (Wildman–Crippen LogP) is 3.29. The van der Waals surface area contributed by atoms with E-state index < -0.39 is 29.4 Å². The van der Waals surface area contributed by atoms with E-state index >= 15 is 0 Å². The Balaban J connectivity index is 1.86. The third-order valence-electron chi connectivity index (χ3n) is 4.00. The van der Waals surface area contributed by atoms with Crippen LogP contribution >= 0.6 is 0 Å². The Kier molecular flexibility index (Phi) is 6.05. The summed E-state index contributed by atoms with van der Waals surface area (Å²) in [4.78, 5) is 27.5. The smallest absolute Gasteiger partial charge is 0.410 e. The van der Waals surface area contributed by atoms with E-state index in [0.717, 1.165) is 12.1 Å². The van der Waals surface area contributed by atoms with Crippen LogP contribution in [0.25, 0.3) is 0 Å². The highest BCUT2D eigenvalue weighted by atomic mass is 19.2. The molecule has 1 N–H and O–H groups in total. The van der Waals surface area contributed by atoms with Crippen LogP contribution in [-0.2, 0) is 4.74 Å². The Morgan fingerprint density at radius 2 is 1.65 bits per heavy atom. The molecule has 1 aromatic carbocycles. The summed E-state index contributed by atoms with van der Waals surface area (Å²) in [6.07, 6.45) is -0.396. The number of piperazine rings is 1. The van der Waals surface area contributed by atoms with Crippen molar-refractivity contribution < 1.29 is 23.1 Å². The summed E-state index contributed by atoms with van der Waals surface area (Å²) in [6, 6.07) is 2.75. The van der Waals surface area contributed by atoms with Crippen LogP contribution in [0.4, 0.5) is 18.4 Å². The molecule has 6 nitrogen and oxygen atoms in total. The number of amides is 3. The number of benzene rings is 1. The molecule has 1 atom stereocenters. The van der Waals surface area contributed by atoms with E-state index in [-0.39, 0.29) is 6.03 Å². The van der Waals surface area contributed by atoms with Crippen LogP contribution in [0.1, 0.15) is 39.3 Å². The molecule has 3 amide bonds. The fourth-order valence-electron chi connectivity index (χ4n) is 2.56. The van der Waals surface area contributed by atoms with E-state index in [2.05, 4.69) is 5.32 Å². The topological polar surface area (TPSA) is 61.9 Å². The molecule has 8 heteroatoms. The summed E-state index contributed by atoms with van der Waals surface area (Å²) in [5, 5.41) is 2.76. The van der Waals surface area contributed by atoms with Gasteiger partial charge in [-0.2, -0.15) is 0 Å². The Bertz CT molecular complexity index is 668. The Morgan fingerprint density at radius 1 is 1.08 bits per heavy atom. The van der Waals surface area contributed by atoms with Crippen molar-refractivity contribution in [1.82, 2.24) is 15.1 Å². The average Bonchev–Trinajstić information content (AvgIpc) is 2.55. The van der Waals surface area contributed by atoms with Crippen molar-refractivity contribution in [3.8, 4) is 0 Å². The van der Waals surface area contributed by atoms with Crippen LogP contribution in [0.15, 0.2) is 18.2 Å². The molecule has 1 heterocycles. The molecule has 0 radical (unpaired) electrons. The van der Waals surface area contributed by atoms with Crippen molar-refractivity contribution in [3.63, 3.8) is 0 Å². The molecule has 1 unspecified atom stereocenters. The maximum atomic E-state index is 13.3. The molecule has 0 spiro atoms. The fraction of sp³-hybridized carbons (Fsp3) is 0.556. The number of rotatable bonds is 2. The number of urea groups is 1. The van der Waals surface area contributed by atoms with Crippen molar-refractivity contribution in [1.29, 1.82) is 0 Å². The molecule has 1 aromatic rings. The van der Waals surface area contributed by atoms with Gasteiger partial charge in [-0.3, -0.25) is 0 Å². The molecule has 1 aliphatic heterocycles. The molecular formula is C18H25F2N3O3. The second-order valence-corrected chi connectivity index (χ2v) is 7.30. The highest BCUT2D eigenvalue weighted by Crippen LogP contribution is 2.17. The first kappa shape index (κ1) is 19.9. The lowest BCUT2D eigenvalue weighted by molar-refractivity contribution is 0.0169. The van der Waals surface area contributed by atoms with E-state index in [1.54, 1.807) is 37.5 Å². The third kappa shape index (κ3) is 5.31. The quantitative estimate of drug-likeness (QED) is 0.870. The van der Waals surface area contributed by atoms with Gasteiger partial charge in [0.1, 0.15) is 5.60 Å². The van der Waals surface area contributed by atoms with Gasteiger partial charge in [-0.05, 0) is 45.4 Å². The van der Waals surface area contributed by atoms with Gasteiger partial charge in [0.15, 0.2) is 11.6 Å². The molecule has 2 rings (SSSR count). The maximum Gasteiger partial charge on any atom is 0.410 e. The van der Waals surface area contributed by atoms with Gasteiger partial charge >= 0.3 is 12.1 Å². The zero-order valence-electron chi connectivity index (χ0n) is 15.5. The minimum Gasteiger partial charge on any atom is -0.444 e. The minimum absolute atomic E-state index is 0.314. The zero-order chi connectivity index (χ0) is 19.5. The summed E-state index contributed by atoms with van der Waals surface area (Å²) >= 11 is 0. The van der Waals surface area contributed by atoms with Crippen LogP contribution in [0.3, 0.4) is 0 Å². The van der Waals surface area contributed by atoms with Gasteiger partial charge in [0, 0.05) is 26.2 Å². The lowest BCUT2D eigenvalue weighted by atomic mass is 10.1. The first-order valence-corrected chi connectivity index (χ1v) is 8.55. The second-order valence-electron chi connectivity index (χ2n) is 7.30. The van der Waals surface area contributed by atoms with Gasteiger partial charge in [-0.1, -0.05) is 6.07 Å². The minimum atomic E-state index is -0.949. The fourth-order valence-corrected chi connectivity index (χ4v) is 2.56. The zero-order valence-corrected chi connectivity index (χ0v) is 15.5. The lowest BCUT2D eigenvalue weighted by Gasteiger charge is -2.36. The van der Waals surface area contributed by atoms with Crippen molar-refractivity contribution >= 4 is 12.1 Å². The first-order valence-electron chi connectivity index (χ1n) is 8.55. The second kappa shape index (κ2) is 7.88. The number of hydrogen-bond acceptors (Lipinski definition) is 3. The molecule has 0 aliphatic carbocycles. The number of nitrogens with zero attached hydrogens (tertiary/aromatic N) is 2. The van der Waals surface area contributed by atoms with E-state index in [4.69, 9.17) is 4.74 Å². The van der Waals surface area contributed by atoms with Crippen LogP contribution < -0.4 is 5.32 Å². The lowest BCUT2D eigenvalue weighted by Crippen LogP contribution is -2.54. The van der Waals surface area contributed by atoms with Crippen LogP contribution in [0.2, 0.25) is 0 Å². The predicted molar refractivity (Wildman–Crippen MR) is 92.7 cm³/mol. The number of carbonyl (C=O) groups excluding carboxylic acids is 2. The Labute approximate surface area is 152 Å². The molecule has 0 saturated carbocycles. The van der Waals surface area contributed by atoms with Crippen molar-refractivity contribution in [2.45, 2.75) is 39.3 Å². The molecule has 1 fully saturated rings. The number of carbonyl (C=O) groups is 2. The number of halogens is 2. The summed E-state index contributed by atoms with van der Waals surface area (Å²) in [5.74, 6) is -1.87. The number of nitrogens with one attached hydrogen (secondary N) is 1. The molecule has 26 heavy (non-hydrogen) atoms. The molecule has 1 saturated heterocycles. The average molecular weight is 369 g/mol. The van der Waals surface area contributed by atoms with E-state index in [0.29, 0.717) is 31.7 Å². The van der Waals surface area contributed by atoms with Crippen LogP contribution in [0, 0.1) is 11.6 Å². The summed E-state index contributed by atoms with van der Waals surface area (Å²) in [7, 11) is 0. The largest absolute Gasteiger partial charge is 0.444 e. The van der Waals surface area contributed by atoms with E-state index in [9.17, 15) is 18.4 Å². The molecule has 0 bridgehead atoms. The van der Waals surface area contributed by atoms with Crippen LogP contribution in [-0.4, -0.2) is 53.7 Å². The third-order valence-corrected chi connectivity index (χ3v) is 4.00. The summed E-state index contributed by atoms with van der Waals surface area (Å²) < 4.78 is 31.6. The SMILES string of the molecule is CC(NC(=O)N1CCN(C(=O)OC(C)(C)C)CC1)c1ccc(F)c(F)c1. The van der Waals surface area contributed by atoms with Gasteiger partial charge in [0.2, 0.25) is 0 Å². The standard InChI is InChI=1S/C18H25F2N3O3/c1-12(13-5-6-14(19)15(20)11-13)21-16(24)22-7-9-23(10-8-22)17(25)26-18(2,3)4/h5-6,11-12H,7-10H2,1-4H3,(H,21,24). The maximum absolute atomic E-state index is 13.3. The molecule has 0 aromatic heterocycles. The van der Waals surface area contributed by atoms with E-state index in [1.807, 2.05) is 0 Å². The van der Waals surface area contributed by atoms with Gasteiger partial charge < -0.3 is 19.9 Å². The summed E-state index contributed by atoms with van der Waals surface area (Å²) in [6.45, 7) is 8.59. The Hall–Kier alpha value is -2.38. The molecular weight excluding hydrogens is 344 g/mol. The van der Waals surface area contributed by atoms with E-state index in [1.165, 1.54) is 6.07 Å². The van der Waals surface area contributed by atoms with Crippen molar-refractivity contribution in [2.75, 3.05) is 26.2 Å². The van der Waals surface area contributed by atoms with Crippen molar-refractivity contribution in [2.24, 2.45) is 0 Å². The Morgan fingerprint density at radius 3 is 2.19 bits per heavy atom. The number of ether oxygens (including phenoxy) is 1. The van der Waals surface area contributed by atoms with Crippen molar-refractivity contribution in [3.05, 3.63) is 35.4 Å². The van der Waals surface area contributed by atoms with Gasteiger partial charge in [-0.15, -0.1) is 0 Å². The number of hydrogen-bond donors (Lipinski definition) is 1. The molecule has 1 aliphatic rings. The highest BCUT2D eigenvalue weighted by molar-refractivity contribution is 5.75. The van der Waals surface area contributed by atoms with Gasteiger partial charge in [-0.25, -0.2) is 18.4 Å². The first-order chi connectivity index (χ1) is 12.1. The molecule has 144 valence electrons. The van der Waals surface area contributed by atoms with Gasteiger partial charge in [0.25, 0.3) is 0 Å². The normalized spacial score (nSPS) is 16.2.